The summed E-state index contributed by atoms with van der Waals surface area (Å²) >= 11 is 1.56. The minimum Gasteiger partial charge on any atom is -0.333 e. The van der Waals surface area contributed by atoms with E-state index in [9.17, 15) is 9.59 Å². The Bertz CT molecular complexity index is 599. The average Bonchev–Trinajstić information content (AvgIpc) is 3.05. The lowest BCUT2D eigenvalue weighted by atomic mass is 10.1. The molecule has 4 N–H and O–H groups in total. The Hall–Kier alpha value is -2.18. The van der Waals surface area contributed by atoms with Crippen LogP contribution in [0.1, 0.15) is 23.4 Å². The predicted octanol–water partition coefficient (Wildman–Crippen LogP) is 1.40. The molecule has 0 saturated carbocycles. The van der Waals surface area contributed by atoms with Crippen molar-refractivity contribution < 1.29 is 14.9 Å². The van der Waals surface area contributed by atoms with Gasteiger partial charge in [-0.25, -0.2) is 4.79 Å². The van der Waals surface area contributed by atoms with Gasteiger partial charge in [-0.15, -0.1) is 11.3 Å². The third-order valence-corrected chi connectivity index (χ3v) is 4.11. The fourth-order valence-corrected chi connectivity index (χ4v) is 2.62. The number of nitrogens with one attached hydrogen (secondary N) is 2. The quantitative estimate of drug-likeness (QED) is 0.753. The Morgan fingerprint density at radius 1 is 1.18 bits per heavy atom. The monoisotopic (exact) mass is 318 g/mol. The first kappa shape index (κ1) is 16.2. The summed E-state index contributed by atoms with van der Waals surface area (Å²) in [5.74, 6) is -0.300. The largest absolute Gasteiger partial charge is 0.333 e. The molecule has 1 heterocycles. The maximum atomic E-state index is 11.7. The van der Waals surface area contributed by atoms with Crippen molar-refractivity contribution in [2.24, 2.45) is 0 Å². The van der Waals surface area contributed by atoms with E-state index < -0.39 is 6.03 Å². The zero-order chi connectivity index (χ0) is 15.8. The molecule has 0 aliphatic rings. The van der Waals surface area contributed by atoms with Crippen LogP contribution in [0, 0.1) is 0 Å². The van der Waals surface area contributed by atoms with Gasteiger partial charge >= 0.3 is 6.03 Å². The summed E-state index contributed by atoms with van der Waals surface area (Å²) in [4.78, 5) is 24.4. The molecule has 0 fully saturated rings. The number of hydrogen-bond acceptors (Lipinski definition) is 3. The SMILES string of the molecule is C[C@@H]([NH2+]CC(=O)NC(=O)NCc1cccs1)c1ccccc1. The van der Waals surface area contributed by atoms with Crippen molar-refractivity contribution in [3.8, 4) is 0 Å². The number of hydrogen-bond donors (Lipinski definition) is 3. The van der Waals surface area contributed by atoms with Crippen LogP contribution in [-0.2, 0) is 11.3 Å². The highest BCUT2D eigenvalue weighted by Crippen LogP contribution is 2.07. The predicted molar refractivity (Wildman–Crippen MR) is 86.3 cm³/mol. The summed E-state index contributed by atoms with van der Waals surface area (Å²) in [7, 11) is 0. The molecule has 1 atom stereocenters. The van der Waals surface area contributed by atoms with Gasteiger partial charge in [0.2, 0.25) is 0 Å². The van der Waals surface area contributed by atoms with E-state index in [1.165, 1.54) is 0 Å². The molecule has 1 aromatic carbocycles. The average molecular weight is 318 g/mol. The molecule has 1 aromatic heterocycles. The second-order valence-electron chi connectivity index (χ2n) is 4.95. The Morgan fingerprint density at radius 2 is 1.95 bits per heavy atom. The Labute approximate surface area is 133 Å². The fourth-order valence-electron chi connectivity index (χ4n) is 1.98. The van der Waals surface area contributed by atoms with Gasteiger partial charge in [-0.2, -0.15) is 0 Å². The van der Waals surface area contributed by atoms with E-state index in [0.29, 0.717) is 6.54 Å². The van der Waals surface area contributed by atoms with Crippen LogP contribution in [0.2, 0.25) is 0 Å². The van der Waals surface area contributed by atoms with Gasteiger partial charge in [-0.05, 0) is 18.4 Å². The van der Waals surface area contributed by atoms with E-state index in [2.05, 4.69) is 10.6 Å². The van der Waals surface area contributed by atoms with Gasteiger partial charge in [0.15, 0.2) is 6.54 Å². The van der Waals surface area contributed by atoms with E-state index in [-0.39, 0.29) is 18.5 Å². The molecule has 3 amide bonds. The number of urea groups is 1. The van der Waals surface area contributed by atoms with E-state index in [0.717, 1.165) is 10.4 Å². The van der Waals surface area contributed by atoms with Crippen molar-refractivity contribution in [3.05, 3.63) is 58.3 Å². The van der Waals surface area contributed by atoms with E-state index in [1.807, 2.05) is 60.1 Å². The second kappa shape index (κ2) is 8.31. The molecule has 0 spiro atoms. The topological polar surface area (TPSA) is 74.8 Å². The summed E-state index contributed by atoms with van der Waals surface area (Å²) in [5, 5.41) is 8.84. The molecule has 0 bridgehead atoms. The first-order chi connectivity index (χ1) is 10.6. The van der Waals surface area contributed by atoms with Crippen molar-refractivity contribution >= 4 is 23.3 Å². The van der Waals surface area contributed by atoms with Gasteiger partial charge in [0.05, 0.1) is 6.54 Å². The maximum Gasteiger partial charge on any atom is 0.321 e. The van der Waals surface area contributed by atoms with Gasteiger partial charge in [-0.1, -0.05) is 36.4 Å². The molecule has 0 aliphatic heterocycles. The Balaban J connectivity index is 1.68. The molecule has 22 heavy (non-hydrogen) atoms. The van der Waals surface area contributed by atoms with Crippen LogP contribution in [-0.4, -0.2) is 18.5 Å². The molecule has 2 aromatic rings. The summed E-state index contributed by atoms with van der Waals surface area (Å²) < 4.78 is 0. The zero-order valence-electron chi connectivity index (χ0n) is 12.4. The summed E-state index contributed by atoms with van der Waals surface area (Å²) in [5.41, 5.74) is 1.15. The number of imide groups is 1. The lowest BCUT2D eigenvalue weighted by molar-refractivity contribution is -0.682. The number of nitrogens with two attached hydrogens (primary N) is 1. The van der Waals surface area contributed by atoms with Crippen LogP contribution in [0.15, 0.2) is 47.8 Å². The minimum atomic E-state index is -0.459. The van der Waals surface area contributed by atoms with E-state index in [1.54, 1.807) is 11.3 Å². The van der Waals surface area contributed by atoms with Gasteiger partial charge in [0.1, 0.15) is 6.04 Å². The summed E-state index contributed by atoms with van der Waals surface area (Å²) in [6.07, 6.45) is 0. The zero-order valence-corrected chi connectivity index (χ0v) is 13.2. The molecule has 0 saturated heterocycles. The molecule has 0 radical (unpaired) electrons. The van der Waals surface area contributed by atoms with Crippen molar-refractivity contribution in [3.63, 3.8) is 0 Å². The minimum absolute atomic E-state index is 0.168. The first-order valence-electron chi connectivity index (χ1n) is 7.13. The number of carbonyl (C=O) groups excluding carboxylic acids is 2. The third kappa shape index (κ3) is 5.31. The Kier molecular flexibility index (Phi) is 6.12. The molecule has 2 rings (SSSR count). The molecule has 116 valence electrons. The van der Waals surface area contributed by atoms with Crippen LogP contribution >= 0.6 is 11.3 Å². The highest BCUT2D eigenvalue weighted by atomic mass is 32.1. The first-order valence-corrected chi connectivity index (χ1v) is 8.01. The van der Waals surface area contributed by atoms with Gasteiger partial charge in [0, 0.05) is 10.4 Å². The summed E-state index contributed by atoms with van der Waals surface area (Å²) in [6, 6.07) is 13.5. The highest BCUT2D eigenvalue weighted by molar-refractivity contribution is 7.09. The highest BCUT2D eigenvalue weighted by Gasteiger charge is 2.13. The second-order valence-corrected chi connectivity index (χ2v) is 5.98. The molecule has 0 unspecified atom stereocenters. The number of benzene rings is 1. The van der Waals surface area contributed by atoms with Crippen LogP contribution in [0.4, 0.5) is 4.79 Å². The van der Waals surface area contributed by atoms with Crippen molar-refractivity contribution in [1.29, 1.82) is 0 Å². The van der Waals surface area contributed by atoms with E-state index in [4.69, 9.17) is 0 Å². The number of thiophene rings is 1. The van der Waals surface area contributed by atoms with Crippen LogP contribution in [0.5, 0.6) is 0 Å². The van der Waals surface area contributed by atoms with Crippen molar-refractivity contribution in [2.45, 2.75) is 19.5 Å². The fraction of sp³-hybridized carbons (Fsp3) is 0.250. The smallest absolute Gasteiger partial charge is 0.321 e. The molecule has 5 nitrogen and oxygen atoms in total. The maximum absolute atomic E-state index is 11.7. The number of carbonyl (C=O) groups is 2. The Morgan fingerprint density at radius 3 is 2.64 bits per heavy atom. The molecule has 0 aliphatic carbocycles. The normalized spacial score (nSPS) is 11.7. The number of amides is 3. The van der Waals surface area contributed by atoms with Gasteiger partial charge in [-0.3, -0.25) is 10.1 Å². The van der Waals surface area contributed by atoms with Crippen molar-refractivity contribution in [1.82, 2.24) is 10.6 Å². The van der Waals surface area contributed by atoms with Crippen LogP contribution in [0.3, 0.4) is 0 Å². The van der Waals surface area contributed by atoms with Crippen molar-refractivity contribution in [2.75, 3.05) is 6.54 Å². The van der Waals surface area contributed by atoms with E-state index >= 15 is 0 Å². The summed E-state index contributed by atoms with van der Waals surface area (Å²) in [6.45, 7) is 2.67. The third-order valence-electron chi connectivity index (χ3n) is 3.24. The van der Waals surface area contributed by atoms with Gasteiger partial charge < -0.3 is 10.6 Å². The standard InChI is InChI=1S/C16H19N3O2S/c1-12(13-6-3-2-4-7-13)17-11-15(20)19-16(21)18-10-14-8-5-9-22-14/h2-9,12,17H,10-11H2,1H3,(H2,18,19,20,21)/p+1/t12-/m1/s1. The number of rotatable bonds is 6. The molecule has 6 heteroatoms. The van der Waals surface area contributed by atoms with Crippen LogP contribution < -0.4 is 16.0 Å². The molecular weight excluding hydrogens is 298 g/mol. The molecular formula is C16H20N3O2S+. The lowest BCUT2D eigenvalue weighted by Crippen LogP contribution is -2.87. The lowest BCUT2D eigenvalue weighted by Gasteiger charge is -2.11. The van der Waals surface area contributed by atoms with Crippen LogP contribution in [0.25, 0.3) is 0 Å². The van der Waals surface area contributed by atoms with Gasteiger partial charge in [0.25, 0.3) is 5.91 Å². The number of quaternary nitrogens is 1.